The molecule has 1 amide bonds. The van der Waals surface area contributed by atoms with Gasteiger partial charge in [0.25, 0.3) is 11.6 Å². The standard InChI is InChI=1S/C13H13ClN2O3/c1-3-5-9(4-2)15-13(17)11-7-6-10(16(18)19)8-12(11)14/h2,6-9H,3,5H2,1H3,(H,15,17). The number of hydrogen-bond donors (Lipinski definition) is 1. The van der Waals surface area contributed by atoms with Gasteiger partial charge in [0.15, 0.2) is 0 Å². The molecule has 19 heavy (non-hydrogen) atoms. The third-order valence-corrected chi connectivity index (χ3v) is 2.80. The van der Waals surface area contributed by atoms with E-state index in [1.165, 1.54) is 12.1 Å². The average molecular weight is 281 g/mol. The second-order valence-electron chi connectivity index (χ2n) is 3.90. The molecule has 0 bridgehead atoms. The van der Waals surface area contributed by atoms with E-state index in [1.807, 2.05) is 6.92 Å². The summed E-state index contributed by atoms with van der Waals surface area (Å²) in [5, 5.41) is 13.2. The number of carbonyl (C=O) groups is 1. The third kappa shape index (κ3) is 3.97. The molecule has 0 radical (unpaired) electrons. The summed E-state index contributed by atoms with van der Waals surface area (Å²) >= 11 is 5.86. The molecule has 1 aromatic carbocycles. The van der Waals surface area contributed by atoms with E-state index in [2.05, 4.69) is 11.2 Å². The number of halogens is 1. The first-order valence-corrected chi connectivity index (χ1v) is 6.08. The van der Waals surface area contributed by atoms with E-state index in [9.17, 15) is 14.9 Å². The molecule has 0 aromatic heterocycles. The molecule has 0 spiro atoms. The molecule has 1 N–H and O–H groups in total. The van der Waals surface area contributed by atoms with Gasteiger partial charge in [0.05, 0.1) is 21.6 Å². The van der Waals surface area contributed by atoms with Crippen LogP contribution >= 0.6 is 11.6 Å². The van der Waals surface area contributed by atoms with Crippen LogP contribution in [0.2, 0.25) is 5.02 Å². The van der Waals surface area contributed by atoms with E-state index in [0.717, 1.165) is 12.5 Å². The van der Waals surface area contributed by atoms with Gasteiger partial charge in [-0.05, 0) is 12.5 Å². The van der Waals surface area contributed by atoms with Crippen molar-refractivity contribution in [3.05, 3.63) is 38.9 Å². The van der Waals surface area contributed by atoms with Crippen molar-refractivity contribution in [3.63, 3.8) is 0 Å². The molecule has 100 valence electrons. The van der Waals surface area contributed by atoms with Crippen LogP contribution in [0.1, 0.15) is 30.1 Å². The summed E-state index contributed by atoms with van der Waals surface area (Å²) in [7, 11) is 0. The summed E-state index contributed by atoms with van der Waals surface area (Å²) in [4.78, 5) is 21.9. The maximum absolute atomic E-state index is 11.9. The Labute approximate surface area is 116 Å². The number of amides is 1. The van der Waals surface area contributed by atoms with Crippen LogP contribution in [0.3, 0.4) is 0 Å². The third-order valence-electron chi connectivity index (χ3n) is 2.49. The zero-order valence-corrected chi connectivity index (χ0v) is 11.1. The molecule has 1 unspecified atom stereocenters. The maximum Gasteiger partial charge on any atom is 0.270 e. The van der Waals surface area contributed by atoms with Gasteiger partial charge in [0.1, 0.15) is 0 Å². The van der Waals surface area contributed by atoms with E-state index in [-0.39, 0.29) is 22.3 Å². The smallest absolute Gasteiger partial charge is 0.270 e. The first-order valence-electron chi connectivity index (χ1n) is 5.70. The summed E-state index contributed by atoms with van der Waals surface area (Å²) in [6.45, 7) is 1.95. The summed E-state index contributed by atoms with van der Waals surface area (Å²) < 4.78 is 0. The largest absolute Gasteiger partial charge is 0.338 e. The van der Waals surface area contributed by atoms with Crippen LogP contribution in [0.15, 0.2) is 18.2 Å². The minimum absolute atomic E-state index is 0.0268. The van der Waals surface area contributed by atoms with Gasteiger partial charge >= 0.3 is 0 Å². The summed E-state index contributed by atoms with van der Waals surface area (Å²) in [6.07, 6.45) is 6.80. The Morgan fingerprint density at radius 2 is 2.32 bits per heavy atom. The van der Waals surface area contributed by atoms with Gasteiger partial charge < -0.3 is 5.32 Å². The van der Waals surface area contributed by atoms with Crippen molar-refractivity contribution in [2.24, 2.45) is 0 Å². The van der Waals surface area contributed by atoms with E-state index in [0.29, 0.717) is 6.42 Å². The van der Waals surface area contributed by atoms with E-state index < -0.39 is 10.8 Å². The molecule has 0 aliphatic rings. The summed E-state index contributed by atoms with van der Waals surface area (Å²) in [5.74, 6) is 2.04. The molecule has 0 fully saturated rings. The van der Waals surface area contributed by atoms with Crippen molar-refractivity contribution < 1.29 is 9.72 Å². The van der Waals surface area contributed by atoms with E-state index in [1.54, 1.807) is 0 Å². The number of benzene rings is 1. The molecule has 0 saturated carbocycles. The van der Waals surface area contributed by atoms with Crippen molar-refractivity contribution in [2.45, 2.75) is 25.8 Å². The SMILES string of the molecule is C#CC(CCC)NC(=O)c1ccc([N+](=O)[O-])cc1Cl. The Hall–Kier alpha value is -2.06. The minimum Gasteiger partial charge on any atom is -0.338 e. The van der Waals surface area contributed by atoms with Crippen molar-refractivity contribution in [2.75, 3.05) is 0 Å². The van der Waals surface area contributed by atoms with Crippen LogP contribution in [0.25, 0.3) is 0 Å². The molecule has 0 heterocycles. The molecular weight excluding hydrogens is 268 g/mol. The first kappa shape index (κ1) is 15.0. The lowest BCUT2D eigenvalue weighted by Crippen LogP contribution is -2.33. The summed E-state index contributed by atoms with van der Waals surface area (Å²) in [6, 6.07) is 3.31. The van der Waals surface area contributed by atoms with Crippen LogP contribution in [-0.2, 0) is 0 Å². The highest BCUT2D eigenvalue weighted by Crippen LogP contribution is 2.22. The molecule has 1 aromatic rings. The molecule has 6 heteroatoms. The highest BCUT2D eigenvalue weighted by atomic mass is 35.5. The fourth-order valence-electron chi connectivity index (χ4n) is 1.52. The maximum atomic E-state index is 11.9. The normalized spacial score (nSPS) is 11.4. The topological polar surface area (TPSA) is 72.2 Å². The lowest BCUT2D eigenvalue weighted by molar-refractivity contribution is -0.384. The number of hydrogen-bond acceptors (Lipinski definition) is 3. The molecular formula is C13H13ClN2O3. The highest BCUT2D eigenvalue weighted by molar-refractivity contribution is 6.34. The van der Waals surface area contributed by atoms with Crippen LogP contribution < -0.4 is 5.32 Å². The monoisotopic (exact) mass is 280 g/mol. The fraction of sp³-hybridized carbons (Fsp3) is 0.308. The van der Waals surface area contributed by atoms with Crippen molar-refractivity contribution >= 4 is 23.2 Å². The highest BCUT2D eigenvalue weighted by Gasteiger charge is 2.16. The summed E-state index contributed by atoms with van der Waals surface area (Å²) in [5.41, 5.74) is 0.00669. The predicted octanol–water partition coefficient (Wildman–Crippen LogP) is 2.78. The quantitative estimate of drug-likeness (QED) is 0.512. The Bertz CT molecular complexity index is 537. The van der Waals surface area contributed by atoms with Gasteiger partial charge in [-0.25, -0.2) is 0 Å². The lowest BCUT2D eigenvalue weighted by Gasteiger charge is -2.12. The fourth-order valence-corrected chi connectivity index (χ4v) is 1.78. The molecule has 5 nitrogen and oxygen atoms in total. The van der Waals surface area contributed by atoms with Crippen molar-refractivity contribution in [1.82, 2.24) is 5.32 Å². The van der Waals surface area contributed by atoms with Crippen molar-refractivity contribution in [1.29, 1.82) is 0 Å². The van der Waals surface area contributed by atoms with Gasteiger partial charge in [-0.15, -0.1) is 6.42 Å². The molecule has 1 rings (SSSR count). The van der Waals surface area contributed by atoms with Crippen LogP contribution in [0.5, 0.6) is 0 Å². The lowest BCUT2D eigenvalue weighted by atomic mass is 10.1. The molecule has 0 aliphatic heterocycles. The van der Waals surface area contributed by atoms with Gasteiger partial charge in [-0.2, -0.15) is 0 Å². The number of rotatable bonds is 5. The number of nitrogens with zero attached hydrogens (tertiary/aromatic N) is 1. The predicted molar refractivity (Wildman–Crippen MR) is 73.1 cm³/mol. The number of nitrogens with one attached hydrogen (secondary N) is 1. The number of nitro benzene ring substituents is 1. The zero-order valence-electron chi connectivity index (χ0n) is 10.4. The number of nitro groups is 1. The van der Waals surface area contributed by atoms with Gasteiger partial charge in [-0.3, -0.25) is 14.9 Å². The average Bonchev–Trinajstić information content (AvgIpc) is 2.37. The van der Waals surface area contributed by atoms with Crippen molar-refractivity contribution in [3.8, 4) is 12.3 Å². The van der Waals surface area contributed by atoms with Gasteiger partial charge in [-0.1, -0.05) is 30.9 Å². The van der Waals surface area contributed by atoms with Gasteiger partial charge in [0.2, 0.25) is 0 Å². The van der Waals surface area contributed by atoms with Crippen LogP contribution in [0, 0.1) is 22.5 Å². The number of carbonyl (C=O) groups excluding carboxylic acids is 1. The second kappa shape index (κ2) is 6.76. The second-order valence-corrected chi connectivity index (χ2v) is 4.31. The Balaban J connectivity index is 2.89. The Morgan fingerprint density at radius 1 is 1.63 bits per heavy atom. The first-order chi connectivity index (χ1) is 8.99. The Kier molecular flexibility index (Phi) is 5.34. The Morgan fingerprint density at radius 3 is 2.79 bits per heavy atom. The van der Waals surface area contributed by atoms with E-state index >= 15 is 0 Å². The van der Waals surface area contributed by atoms with Crippen LogP contribution in [0.4, 0.5) is 5.69 Å². The zero-order chi connectivity index (χ0) is 14.4. The molecule has 0 saturated heterocycles. The number of non-ortho nitro benzene ring substituents is 1. The van der Waals surface area contributed by atoms with E-state index in [4.69, 9.17) is 18.0 Å². The molecule has 0 aliphatic carbocycles. The van der Waals surface area contributed by atoms with Gasteiger partial charge in [0, 0.05) is 12.1 Å². The van der Waals surface area contributed by atoms with Crippen LogP contribution in [-0.4, -0.2) is 16.9 Å². The minimum atomic E-state index is -0.575. The molecule has 1 atom stereocenters. The number of terminal acetylenes is 1.